The van der Waals surface area contributed by atoms with Gasteiger partial charge in [-0.15, -0.1) is 0 Å². The summed E-state index contributed by atoms with van der Waals surface area (Å²) in [5, 5.41) is 3.48. The monoisotopic (exact) mass is 371 g/mol. The van der Waals surface area contributed by atoms with Gasteiger partial charge in [0.25, 0.3) is 0 Å². The molecule has 4 rings (SSSR count). The van der Waals surface area contributed by atoms with Crippen molar-refractivity contribution < 1.29 is 0 Å². The van der Waals surface area contributed by atoms with Crippen molar-refractivity contribution >= 4 is 11.5 Å². The molecule has 1 fully saturated rings. The van der Waals surface area contributed by atoms with E-state index in [0.29, 0.717) is 5.92 Å². The SMILES string of the molecule is c1ccc(CCCc2cc(Nc3ccccc3)nc(C3CCCCC3)n2)cc1. The topological polar surface area (TPSA) is 37.8 Å². The third kappa shape index (κ3) is 5.19. The van der Waals surface area contributed by atoms with Crippen molar-refractivity contribution in [2.75, 3.05) is 5.32 Å². The van der Waals surface area contributed by atoms with E-state index in [-0.39, 0.29) is 0 Å². The first kappa shape index (κ1) is 18.7. The average molecular weight is 372 g/mol. The minimum absolute atomic E-state index is 0.513. The van der Waals surface area contributed by atoms with Gasteiger partial charge in [0.05, 0.1) is 0 Å². The zero-order chi connectivity index (χ0) is 19.0. The number of nitrogens with zero attached hydrogens (tertiary/aromatic N) is 2. The minimum Gasteiger partial charge on any atom is -0.340 e. The lowest BCUT2D eigenvalue weighted by molar-refractivity contribution is 0.428. The van der Waals surface area contributed by atoms with Crippen LogP contribution < -0.4 is 5.32 Å². The van der Waals surface area contributed by atoms with Crippen LogP contribution in [0.25, 0.3) is 0 Å². The molecule has 0 aliphatic heterocycles. The molecule has 0 atom stereocenters. The molecule has 0 bridgehead atoms. The molecule has 0 amide bonds. The van der Waals surface area contributed by atoms with Crippen molar-refractivity contribution in [1.29, 1.82) is 0 Å². The Hall–Kier alpha value is -2.68. The summed E-state index contributed by atoms with van der Waals surface area (Å²) in [6, 6.07) is 23.1. The lowest BCUT2D eigenvalue weighted by Gasteiger charge is -2.21. The molecule has 1 heterocycles. The second-order valence-corrected chi connectivity index (χ2v) is 7.77. The molecular formula is C25H29N3. The van der Waals surface area contributed by atoms with Crippen molar-refractivity contribution in [1.82, 2.24) is 9.97 Å². The van der Waals surface area contributed by atoms with Crippen molar-refractivity contribution in [2.45, 2.75) is 57.3 Å². The van der Waals surface area contributed by atoms with E-state index in [4.69, 9.17) is 9.97 Å². The number of rotatable bonds is 7. The van der Waals surface area contributed by atoms with Crippen molar-refractivity contribution in [3.63, 3.8) is 0 Å². The lowest BCUT2D eigenvalue weighted by Crippen LogP contribution is -2.12. The first-order valence-corrected chi connectivity index (χ1v) is 10.6. The second-order valence-electron chi connectivity index (χ2n) is 7.77. The number of benzene rings is 2. The van der Waals surface area contributed by atoms with Crippen LogP contribution in [0.3, 0.4) is 0 Å². The predicted molar refractivity (Wildman–Crippen MR) is 116 cm³/mol. The fraction of sp³-hybridized carbons (Fsp3) is 0.360. The zero-order valence-corrected chi connectivity index (χ0v) is 16.5. The molecule has 3 heteroatoms. The summed E-state index contributed by atoms with van der Waals surface area (Å²) < 4.78 is 0. The lowest BCUT2D eigenvalue weighted by atomic mass is 9.88. The van der Waals surface area contributed by atoms with Gasteiger partial charge in [-0.05, 0) is 49.8 Å². The van der Waals surface area contributed by atoms with Gasteiger partial charge in [0.2, 0.25) is 0 Å². The highest BCUT2D eigenvalue weighted by molar-refractivity contribution is 5.56. The van der Waals surface area contributed by atoms with Crippen LogP contribution in [0.1, 0.15) is 61.5 Å². The first-order chi connectivity index (χ1) is 13.9. The van der Waals surface area contributed by atoms with Crippen LogP contribution in [0.15, 0.2) is 66.7 Å². The van der Waals surface area contributed by atoms with E-state index < -0.39 is 0 Å². The van der Waals surface area contributed by atoms with E-state index in [2.05, 4.69) is 53.8 Å². The molecule has 1 saturated carbocycles. The summed E-state index contributed by atoms with van der Waals surface area (Å²) in [4.78, 5) is 9.88. The summed E-state index contributed by atoms with van der Waals surface area (Å²) >= 11 is 0. The van der Waals surface area contributed by atoms with E-state index in [9.17, 15) is 0 Å². The molecule has 1 aliphatic carbocycles. The largest absolute Gasteiger partial charge is 0.340 e. The van der Waals surface area contributed by atoms with Crippen molar-refractivity contribution in [2.24, 2.45) is 0 Å². The molecule has 1 N–H and O–H groups in total. The standard InChI is InChI=1S/C25H29N3/c1-4-11-20(12-5-1)13-10-18-23-19-24(26-22-16-8-3-9-17-22)28-25(27-23)21-14-6-2-7-15-21/h1,3-5,8-9,11-12,16-17,19,21H,2,6-7,10,13-15,18H2,(H,26,27,28). The Labute approximate surface area is 168 Å². The molecule has 1 aliphatic rings. The Bertz CT molecular complexity index is 855. The van der Waals surface area contributed by atoms with Gasteiger partial charge in [-0.25, -0.2) is 9.97 Å². The smallest absolute Gasteiger partial charge is 0.134 e. The Balaban J connectivity index is 1.50. The predicted octanol–water partition coefficient (Wildman–Crippen LogP) is 6.44. The van der Waals surface area contributed by atoms with Gasteiger partial charge in [0.15, 0.2) is 0 Å². The maximum atomic E-state index is 4.98. The van der Waals surface area contributed by atoms with Crippen LogP contribution in [0, 0.1) is 0 Å². The minimum atomic E-state index is 0.513. The van der Waals surface area contributed by atoms with Gasteiger partial charge in [-0.3, -0.25) is 0 Å². The van der Waals surface area contributed by atoms with E-state index in [1.807, 2.05) is 18.2 Å². The summed E-state index contributed by atoms with van der Waals surface area (Å²) in [6.45, 7) is 0. The van der Waals surface area contributed by atoms with Gasteiger partial charge < -0.3 is 5.32 Å². The van der Waals surface area contributed by atoms with Crippen molar-refractivity contribution in [3.05, 3.63) is 83.8 Å². The van der Waals surface area contributed by atoms with Crippen LogP contribution in [0.5, 0.6) is 0 Å². The Kier molecular flexibility index (Phi) is 6.33. The summed E-state index contributed by atoms with van der Waals surface area (Å²) in [7, 11) is 0. The fourth-order valence-corrected chi connectivity index (χ4v) is 4.04. The fourth-order valence-electron chi connectivity index (χ4n) is 4.04. The molecule has 3 aromatic rings. The molecule has 3 nitrogen and oxygen atoms in total. The Morgan fingerprint density at radius 1 is 0.786 bits per heavy atom. The maximum absolute atomic E-state index is 4.98. The highest BCUT2D eigenvalue weighted by Gasteiger charge is 2.19. The van der Waals surface area contributed by atoms with Gasteiger partial charge in [-0.2, -0.15) is 0 Å². The van der Waals surface area contributed by atoms with E-state index in [1.165, 1.54) is 37.7 Å². The zero-order valence-electron chi connectivity index (χ0n) is 16.5. The molecule has 0 saturated heterocycles. The number of anilines is 2. The van der Waals surface area contributed by atoms with Gasteiger partial charge in [0.1, 0.15) is 11.6 Å². The van der Waals surface area contributed by atoms with Crippen LogP contribution >= 0.6 is 0 Å². The molecule has 28 heavy (non-hydrogen) atoms. The van der Waals surface area contributed by atoms with E-state index in [0.717, 1.165) is 42.3 Å². The number of aryl methyl sites for hydroxylation is 2. The number of aromatic nitrogens is 2. The summed E-state index contributed by atoms with van der Waals surface area (Å²) in [5.41, 5.74) is 3.63. The van der Waals surface area contributed by atoms with Gasteiger partial charge in [-0.1, -0.05) is 67.8 Å². The summed E-state index contributed by atoms with van der Waals surface area (Å²) in [5.74, 6) is 2.48. The average Bonchev–Trinajstić information content (AvgIpc) is 2.76. The first-order valence-electron chi connectivity index (χ1n) is 10.6. The molecule has 0 unspecified atom stereocenters. The molecule has 0 spiro atoms. The third-order valence-electron chi connectivity index (χ3n) is 5.55. The number of hydrogen-bond acceptors (Lipinski definition) is 3. The summed E-state index contributed by atoms with van der Waals surface area (Å²) in [6.07, 6.45) is 9.57. The van der Waals surface area contributed by atoms with Crippen LogP contribution in [0.4, 0.5) is 11.5 Å². The quantitative estimate of drug-likeness (QED) is 0.519. The maximum Gasteiger partial charge on any atom is 0.134 e. The van der Waals surface area contributed by atoms with Gasteiger partial charge in [0, 0.05) is 23.4 Å². The molecule has 0 radical (unpaired) electrons. The van der Waals surface area contributed by atoms with Crippen LogP contribution in [0.2, 0.25) is 0 Å². The van der Waals surface area contributed by atoms with E-state index >= 15 is 0 Å². The van der Waals surface area contributed by atoms with Gasteiger partial charge >= 0.3 is 0 Å². The molecule has 144 valence electrons. The van der Waals surface area contributed by atoms with E-state index in [1.54, 1.807) is 0 Å². The Morgan fingerprint density at radius 2 is 1.50 bits per heavy atom. The Morgan fingerprint density at radius 3 is 2.25 bits per heavy atom. The van der Waals surface area contributed by atoms with Crippen LogP contribution in [-0.4, -0.2) is 9.97 Å². The third-order valence-corrected chi connectivity index (χ3v) is 5.55. The second kappa shape index (κ2) is 9.50. The molecular weight excluding hydrogens is 342 g/mol. The molecule has 2 aromatic carbocycles. The van der Waals surface area contributed by atoms with Crippen LogP contribution in [-0.2, 0) is 12.8 Å². The highest BCUT2D eigenvalue weighted by atomic mass is 15.0. The highest BCUT2D eigenvalue weighted by Crippen LogP contribution is 2.31. The normalized spacial score (nSPS) is 14.7. The molecule has 1 aromatic heterocycles. The number of nitrogens with one attached hydrogen (secondary N) is 1. The number of para-hydroxylation sites is 1. The number of hydrogen-bond donors (Lipinski definition) is 1. The van der Waals surface area contributed by atoms with Crippen molar-refractivity contribution in [3.8, 4) is 0 Å².